The van der Waals surface area contributed by atoms with Gasteiger partial charge in [0, 0.05) is 31.3 Å². The number of benzene rings is 1. The summed E-state index contributed by atoms with van der Waals surface area (Å²) in [7, 11) is 1.63. The van der Waals surface area contributed by atoms with E-state index in [-0.39, 0.29) is 22.6 Å². The molecule has 160 valence electrons. The molecule has 4 rings (SSSR count). The molecule has 0 spiro atoms. The van der Waals surface area contributed by atoms with Crippen LogP contribution in [-0.4, -0.2) is 49.7 Å². The normalized spacial score (nSPS) is 20.2. The lowest BCUT2D eigenvalue weighted by Crippen LogP contribution is -2.43. The molecule has 0 aliphatic carbocycles. The Morgan fingerprint density at radius 2 is 2.10 bits per heavy atom. The lowest BCUT2D eigenvalue weighted by atomic mass is 9.96. The summed E-state index contributed by atoms with van der Waals surface area (Å²) in [5.41, 5.74) is 1.57. The van der Waals surface area contributed by atoms with Gasteiger partial charge in [0.2, 0.25) is 0 Å². The van der Waals surface area contributed by atoms with E-state index in [2.05, 4.69) is 46.1 Å². The van der Waals surface area contributed by atoms with Gasteiger partial charge in [-0.15, -0.1) is 0 Å². The van der Waals surface area contributed by atoms with Gasteiger partial charge in [0.05, 0.1) is 23.4 Å². The summed E-state index contributed by atoms with van der Waals surface area (Å²) in [5, 5.41) is 8.05. The molecule has 3 aromatic rings. The van der Waals surface area contributed by atoms with Gasteiger partial charge in [-0.1, -0.05) is 17.7 Å². The van der Waals surface area contributed by atoms with Gasteiger partial charge in [0.25, 0.3) is 5.78 Å². The smallest absolute Gasteiger partial charge is 0.254 e. The van der Waals surface area contributed by atoms with Crippen LogP contribution in [0.25, 0.3) is 5.78 Å². The number of rotatable bonds is 5. The lowest BCUT2D eigenvalue weighted by molar-refractivity contribution is 0.118. The summed E-state index contributed by atoms with van der Waals surface area (Å²) in [5.74, 6) is 0.884. The Kier molecular flexibility index (Phi) is 5.65. The van der Waals surface area contributed by atoms with Crippen molar-refractivity contribution >= 4 is 23.2 Å². The minimum atomic E-state index is -0.404. The molecule has 1 N–H and O–H groups in total. The highest BCUT2D eigenvalue weighted by Gasteiger charge is 2.41. The van der Waals surface area contributed by atoms with Gasteiger partial charge in [-0.2, -0.15) is 14.6 Å². The van der Waals surface area contributed by atoms with Gasteiger partial charge < -0.3 is 10.1 Å². The third-order valence-corrected chi connectivity index (χ3v) is 5.78. The van der Waals surface area contributed by atoms with Crippen LogP contribution < -0.4 is 5.32 Å². The highest BCUT2D eigenvalue weighted by Crippen LogP contribution is 2.39. The van der Waals surface area contributed by atoms with Crippen LogP contribution in [0.2, 0.25) is 5.02 Å². The van der Waals surface area contributed by atoms with Crippen molar-refractivity contribution in [3.05, 3.63) is 52.7 Å². The molecule has 1 aliphatic heterocycles. The predicted octanol–water partition coefficient (Wildman–Crippen LogP) is 4.09. The van der Waals surface area contributed by atoms with E-state index in [1.165, 1.54) is 6.33 Å². The molecular formula is C21H26ClFN6O. The Bertz CT molecular complexity index is 1050. The van der Waals surface area contributed by atoms with Crippen molar-refractivity contribution in [3.63, 3.8) is 0 Å². The summed E-state index contributed by atoms with van der Waals surface area (Å²) >= 11 is 5.94. The third-order valence-electron chi connectivity index (χ3n) is 5.48. The molecule has 1 aliphatic rings. The van der Waals surface area contributed by atoms with E-state index in [4.69, 9.17) is 16.3 Å². The zero-order valence-corrected chi connectivity index (χ0v) is 18.3. The van der Waals surface area contributed by atoms with Crippen molar-refractivity contribution in [2.24, 2.45) is 0 Å². The average molecular weight is 433 g/mol. The van der Waals surface area contributed by atoms with Gasteiger partial charge in [0.1, 0.15) is 18.0 Å². The third kappa shape index (κ3) is 3.99. The highest BCUT2D eigenvalue weighted by atomic mass is 35.5. The van der Waals surface area contributed by atoms with Crippen LogP contribution in [0, 0.1) is 5.82 Å². The van der Waals surface area contributed by atoms with Crippen molar-refractivity contribution in [3.8, 4) is 0 Å². The number of likely N-dealkylation sites (tertiary alicyclic amines) is 1. The lowest BCUT2D eigenvalue weighted by Gasteiger charge is -2.39. The van der Waals surface area contributed by atoms with Crippen molar-refractivity contribution in [2.45, 2.75) is 51.4 Å². The molecule has 1 fully saturated rings. The largest absolute Gasteiger partial charge is 0.378 e. The first-order valence-corrected chi connectivity index (χ1v) is 10.3. The molecule has 30 heavy (non-hydrogen) atoms. The topological polar surface area (TPSA) is 67.6 Å². The SMILES string of the molecule is COCc1cc(NC2CCN(C(C)(C)C)C2c2ccc(Cl)c(F)c2)n2ncnc2n1. The Morgan fingerprint density at radius 1 is 1.30 bits per heavy atom. The first-order valence-electron chi connectivity index (χ1n) is 9.95. The van der Waals surface area contributed by atoms with Crippen molar-refractivity contribution in [2.75, 3.05) is 19.0 Å². The molecule has 9 heteroatoms. The molecule has 1 saturated heterocycles. The quantitative estimate of drug-likeness (QED) is 0.655. The number of hydrogen-bond donors (Lipinski definition) is 1. The summed E-state index contributed by atoms with van der Waals surface area (Å²) in [6.07, 6.45) is 2.37. The summed E-state index contributed by atoms with van der Waals surface area (Å²) in [4.78, 5) is 11.1. The molecule has 0 radical (unpaired) electrons. The number of anilines is 1. The molecule has 2 atom stereocenters. The second-order valence-electron chi connectivity index (χ2n) is 8.56. The first-order chi connectivity index (χ1) is 14.3. The van der Waals surface area contributed by atoms with Gasteiger partial charge in [0.15, 0.2) is 0 Å². The number of fused-ring (bicyclic) bond motifs is 1. The highest BCUT2D eigenvalue weighted by molar-refractivity contribution is 6.30. The van der Waals surface area contributed by atoms with Crippen molar-refractivity contribution in [1.82, 2.24) is 24.5 Å². The molecule has 2 aromatic heterocycles. The number of nitrogens with zero attached hydrogens (tertiary/aromatic N) is 5. The van der Waals surface area contributed by atoms with E-state index in [1.54, 1.807) is 23.8 Å². The molecule has 0 amide bonds. The number of aromatic nitrogens is 4. The van der Waals surface area contributed by atoms with E-state index < -0.39 is 5.82 Å². The number of nitrogens with one attached hydrogen (secondary N) is 1. The second-order valence-corrected chi connectivity index (χ2v) is 8.97. The van der Waals surface area contributed by atoms with E-state index >= 15 is 0 Å². The summed E-state index contributed by atoms with van der Waals surface area (Å²) in [6.45, 7) is 7.78. The molecule has 0 bridgehead atoms. The van der Waals surface area contributed by atoms with Crippen LogP contribution in [0.5, 0.6) is 0 Å². The Labute approximate surface area is 180 Å². The maximum atomic E-state index is 14.3. The minimum absolute atomic E-state index is 0.0330. The molecule has 0 saturated carbocycles. The van der Waals surface area contributed by atoms with Crippen LogP contribution in [0.1, 0.15) is 44.5 Å². The van der Waals surface area contributed by atoms with E-state index in [0.29, 0.717) is 12.4 Å². The van der Waals surface area contributed by atoms with Gasteiger partial charge in [-0.05, 0) is 44.9 Å². The second kappa shape index (κ2) is 8.09. The number of halogens is 2. The first kappa shape index (κ1) is 21.0. The Morgan fingerprint density at radius 3 is 2.80 bits per heavy atom. The minimum Gasteiger partial charge on any atom is -0.378 e. The maximum Gasteiger partial charge on any atom is 0.254 e. The van der Waals surface area contributed by atoms with Crippen LogP contribution in [-0.2, 0) is 11.3 Å². The standard InChI is InChI=1S/C21H26ClFN6O/c1-21(2,3)28-8-7-17(19(28)13-5-6-15(22)16(23)9-13)27-18-10-14(11-30-4)26-20-24-12-25-29(18)20/h5-6,9-10,12,17,19,27H,7-8,11H2,1-4H3. The summed E-state index contributed by atoms with van der Waals surface area (Å²) in [6, 6.07) is 7.00. The van der Waals surface area contributed by atoms with Crippen molar-refractivity contribution in [1.29, 1.82) is 0 Å². The maximum absolute atomic E-state index is 14.3. The van der Waals surface area contributed by atoms with Crippen LogP contribution >= 0.6 is 11.6 Å². The molecule has 7 nitrogen and oxygen atoms in total. The zero-order valence-electron chi connectivity index (χ0n) is 17.6. The Balaban J connectivity index is 1.73. The van der Waals surface area contributed by atoms with E-state index in [9.17, 15) is 4.39 Å². The fourth-order valence-corrected chi connectivity index (χ4v) is 4.30. The fraction of sp³-hybridized carbons (Fsp3) is 0.476. The molecule has 3 heterocycles. The number of ether oxygens (including phenoxy) is 1. The molecular weight excluding hydrogens is 407 g/mol. The van der Waals surface area contributed by atoms with Gasteiger partial charge in [-0.25, -0.2) is 9.37 Å². The van der Waals surface area contributed by atoms with Crippen LogP contribution in [0.4, 0.5) is 10.2 Å². The zero-order chi connectivity index (χ0) is 21.5. The van der Waals surface area contributed by atoms with E-state index in [0.717, 1.165) is 30.0 Å². The van der Waals surface area contributed by atoms with E-state index in [1.807, 2.05) is 12.1 Å². The van der Waals surface area contributed by atoms with Crippen molar-refractivity contribution < 1.29 is 9.13 Å². The van der Waals surface area contributed by atoms with Gasteiger partial charge >= 0.3 is 0 Å². The summed E-state index contributed by atoms with van der Waals surface area (Å²) < 4.78 is 21.2. The monoisotopic (exact) mass is 432 g/mol. The predicted molar refractivity (Wildman–Crippen MR) is 114 cm³/mol. The average Bonchev–Trinajstić information content (AvgIpc) is 3.31. The molecule has 2 unspecified atom stereocenters. The van der Waals surface area contributed by atoms with Gasteiger partial charge in [-0.3, -0.25) is 4.90 Å². The fourth-order valence-electron chi connectivity index (χ4n) is 4.18. The number of hydrogen-bond acceptors (Lipinski definition) is 6. The Hall–Kier alpha value is -2.29. The van der Waals surface area contributed by atoms with Crippen LogP contribution in [0.15, 0.2) is 30.6 Å². The number of methoxy groups -OCH3 is 1. The van der Waals surface area contributed by atoms with Crippen LogP contribution in [0.3, 0.4) is 0 Å². The molecule has 1 aromatic carbocycles.